The Morgan fingerprint density at radius 1 is 0.962 bits per heavy atom. The third kappa shape index (κ3) is 12.1. The van der Waals surface area contributed by atoms with Gasteiger partial charge in [-0.2, -0.15) is 5.26 Å². The van der Waals surface area contributed by atoms with E-state index in [4.69, 9.17) is 28.5 Å². The first kappa shape index (κ1) is 25.7. The Kier molecular flexibility index (Phi) is 16.6. The maximum atomic E-state index is 8.77. The largest absolute Gasteiger partial charge is 0.382 e. The van der Waals surface area contributed by atoms with E-state index in [2.05, 4.69) is 45.4 Å². The summed E-state index contributed by atoms with van der Waals surface area (Å²) in [5.41, 5.74) is 0. The number of nitrogens with zero attached hydrogens (tertiary/aromatic N) is 2. The van der Waals surface area contributed by atoms with Crippen LogP contribution in [0.2, 0.25) is 0 Å². The summed E-state index contributed by atoms with van der Waals surface area (Å²) in [4.78, 5) is 0. The predicted molar refractivity (Wildman–Crippen MR) is 104 cm³/mol. The van der Waals surface area contributed by atoms with Gasteiger partial charge in [0.05, 0.1) is 58.2 Å². The molecule has 0 rings (SSSR count). The first-order valence-corrected chi connectivity index (χ1v) is 10.5. The number of hydrogen-bond donors (Lipinski definition) is 0. The Labute approximate surface area is 160 Å². The zero-order valence-corrected chi connectivity index (χ0v) is 18.2. The third-order valence-electron chi connectivity index (χ3n) is 3.46. The highest BCUT2D eigenvalue weighted by molar-refractivity contribution is 7.44. The van der Waals surface area contributed by atoms with Gasteiger partial charge >= 0.3 is 0 Å². The van der Waals surface area contributed by atoms with E-state index in [0.717, 1.165) is 6.42 Å². The van der Waals surface area contributed by atoms with Crippen LogP contribution < -0.4 is 0 Å². The van der Waals surface area contributed by atoms with Gasteiger partial charge in [-0.1, -0.05) is 6.92 Å². The van der Waals surface area contributed by atoms with Crippen LogP contribution in [0.3, 0.4) is 0 Å². The smallest absolute Gasteiger partial charge is 0.259 e. The van der Waals surface area contributed by atoms with E-state index in [9.17, 15) is 0 Å². The third-order valence-corrected chi connectivity index (χ3v) is 5.65. The molecule has 0 aromatic heterocycles. The zero-order chi connectivity index (χ0) is 19.8. The number of methoxy groups -OCH3 is 1. The lowest BCUT2D eigenvalue weighted by atomic mass is 10.3. The maximum absolute atomic E-state index is 8.77. The summed E-state index contributed by atoms with van der Waals surface area (Å²) < 4.78 is 30.4. The van der Waals surface area contributed by atoms with Crippen molar-refractivity contribution in [3.05, 3.63) is 0 Å². The van der Waals surface area contributed by atoms with E-state index in [1.807, 2.05) is 0 Å². The summed E-state index contributed by atoms with van der Waals surface area (Å²) >= 11 is 0. The van der Waals surface area contributed by atoms with Crippen molar-refractivity contribution >= 4 is 8.53 Å². The molecule has 0 saturated heterocycles. The Hall–Kier alpha value is -0.320. The minimum Gasteiger partial charge on any atom is -0.382 e. The molecule has 0 aromatic carbocycles. The van der Waals surface area contributed by atoms with E-state index in [-0.39, 0.29) is 18.2 Å². The van der Waals surface area contributed by atoms with Crippen molar-refractivity contribution in [3.8, 4) is 6.07 Å². The fraction of sp³-hybridized carbons (Fsp3) is 0.944. The molecule has 0 bridgehead atoms. The van der Waals surface area contributed by atoms with Crippen LogP contribution in [0.15, 0.2) is 0 Å². The van der Waals surface area contributed by atoms with Crippen molar-refractivity contribution in [3.63, 3.8) is 0 Å². The number of hydrogen-bond acceptors (Lipinski definition) is 7. The Bertz CT molecular complexity index is 358. The predicted octanol–water partition coefficient (Wildman–Crippen LogP) is 3.74. The van der Waals surface area contributed by atoms with Gasteiger partial charge in [0.25, 0.3) is 8.53 Å². The van der Waals surface area contributed by atoms with Crippen molar-refractivity contribution in [2.45, 2.75) is 65.6 Å². The summed E-state index contributed by atoms with van der Waals surface area (Å²) in [7, 11) is 0.413. The normalized spacial score (nSPS) is 14.2. The van der Waals surface area contributed by atoms with E-state index in [1.165, 1.54) is 0 Å². The molecule has 0 spiro atoms. The number of rotatable bonds is 17. The SMILES string of the molecule is CC[C@@H](COCCOCCOC)OP(OCCC#N)N(C(C)C)C(C)C. The molecule has 0 fully saturated rings. The van der Waals surface area contributed by atoms with Gasteiger partial charge in [-0.25, -0.2) is 4.67 Å². The van der Waals surface area contributed by atoms with Gasteiger partial charge in [-0.05, 0) is 34.1 Å². The average molecular weight is 392 g/mol. The summed E-state index contributed by atoms with van der Waals surface area (Å²) in [6.45, 7) is 13.7. The van der Waals surface area contributed by atoms with Gasteiger partial charge in [-0.15, -0.1) is 0 Å². The molecule has 0 aliphatic carbocycles. The lowest BCUT2D eigenvalue weighted by Crippen LogP contribution is -2.35. The Balaban J connectivity index is 4.49. The van der Waals surface area contributed by atoms with Crippen LogP contribution >= 0.6 is 8.53 Å². The zero-order valence-electron chi connectivity index (χ0n) is 17.3. The molecular weight excluding hydrogens is 355 g/mol. The number of nitriles is 1. The topological polar surface area (TPSA) is 73.2 Å². The second-order valence-electron chi connectivity index (χ2n) is 6.36. The van der Waals surface area contributed by atoms with Crippen molar-refractivity contribution < 1.29 is 23.3 Å². The summed E-state index contributed by atoms with van der Waals surface area (Å²) in [5, 5.41) is 8.77. The monoisotopic (exact) mass is 392 g/mol. The van der Waals surface area contributed by atoms with Crippen LogP contribution in [-0.2, 0) is 23.3 Å². The highest BCUT2D eigenvalue weighted by Crippen LogP contribution is 2.47. The molecular formula is C18H37N2O5P. The van der Waals surface area contributed by atoms with Crippen LogP contribution in [0.5, 0.6) is 0 Å². The molecule has 0 amide bonds. The van der Waals surface area contributed by atoms with Gasteiger partial charge in [0.2, 0.25) is 0 Å². The van der Waals surface area contributed by atoms with Crippen LogP contribution in [0.4, 0.5) is 0 Å². The minimum absolute atomic E-state index is 0.0535. The standard InChI is InChI=1S/C18H37N2O5P/c1-7-18(15-23-14-13-22-12-11-21-6)25-26(24-10-8-9-19)20(16(2)3)17(4)5/h16-18H,7-8,10-15H2,1-6H3/t18-,26?/m0/s1. The van der Waals surface area contributed by atoms with Gasteiger partial charge in [0, 0.05) is 19.2 Å². The van der Waals surface area contributed by atoms with E-state index < -0.39 is 8.53 Å². The Morgan fingerprint density at radius 2 is 1.58 bits per heavy atom. The second-order valence-corrected chi connectivity index (χ2v) is 7.77. The molecule has 154 valence electrons. The van der Waals surface area contributed by atoms with Crippen molar-refractivity contribution in [1.29, 1.82) is 5.26 Å². The number of ether oxygens (including phenoxy) is 3. The molecule has 26 heavy (non-hydrogen) atoms. The molecule has 0 radical (unpaired) electrons. The van der Waals surface area contributed by atoms with Crippen LogP contribution in [0.25, 0.3) is 0 Å². The molecule has 0 saturated carbocycles. The van der Waals surface area contributed by atoms with Crippen LogP contribution in [0.1, 0.15) is 47.5 Å². The van der Waals surface area contributed by atoms with Crippen LogP contribution in [0, 0.1) is 11.3 Å². The van der Waals surface area contributed by atoms with Crippen molar-refractivity contribution in [1.82, 2.24) is 4.67 Å². The molecule has 7 nitrogen and oxygen atoms in total. The minimum atomic E-state index is -1.24. The van der Waals surface area contributed by atoms with Gasteiger partial charge in [0.1, 0.15) is 0 Å². The van der Waals surface area contributed by atoms with Crippen LogP contribution in [-0.4, -0.2) is 69.6 Å². The highest BCUT2D eigenvalue weighted by Gasteiger charge is 2.29. The average Bonchev–Trinajstić information content (AvgIpc) is 2.59. The fourth-order valence-corrected chi connectivity index (χ4v) is 3.99. The molecule has 2 atom stereocenters. The second kappa shape index (κ2) is 16.8. The lowest BCUT2D eigenvalue weighted by molar-refractivity contribution is -0.00373. The summed E-state index contributed by atoms with van der Waals surface area (Å²) in [5.74, 6) is 0. The highest BCUT2D eigenvalue weighted by atomic mass is 31.2. The molecule has 8 heteroatoms. The molecule has 1 unspecified atom stereocenters. The molecule has 0 N–H and O–H groups in total. The van der Waals surface area contributed by atoms with E-state index in [0.29, 0.717) is 46.1 Å². The maximum Gasteiger partial charge on any atom is 0.259 e. The molecule has 0 aromatic rings. The summed E-state index contributed by atoms with van der Waals surface area (Å²) in [6, 6.07) is 2.69. The fourth-order valence-electron chi connectivity index (χ4n) is 2.22. The van der Waals surface area contributed by atoms with Crippen molar-refractivity contribution in [2.24, 2.45) is 0 Å². The summed E-state index contributed by atoms with van der Waals surface area (Å²) in [6.07, 6.45) is 1.13. The first-order chi connectivity index (χ1) is 12.5. The van der Waals surface area contributed by atoms with Gasteiger partial charge in [-0.3, -0.25) is 0 Å². The van der Waals surface area contributed by atoms with E-state index >= 15 is 0 Å². The first-order valence-electron chi connectivity index (χ1n) is 9.37. The van der Waals surface area contributed by atoms with Gasteiger partial charge < -0.3 is 23.3 Å². The molecule has 0 aliphatic heterocycles. The van der Waals surface area contributed by atoms with E-state index in [1.54, 1.807) is 7.11 Å². The Morgan fingerprint density at radius 3 is 2.12 bits per heavy atom. The quantitative estimate of drug-likeness (QED) is 0.276. The molecule has 0 aliphatic rings. The van der Waals surface area contributed by atoms with Gasteiger partial charge in [0.15, 0.2) is 0 Å². The molecule has 0 heterocycles. The van der Waals surface area contributed by atoms with Crippen molar-refractivity contribution in [2.75, 3.05) is 46.8 Å². The lowest BCUT2D eigenvalue weighted by Gasteiger charge is -2.37.